The Kier molecular flexibility index (Phi) is 6.93. The highest BCUT2D eigenvalue weighted by Gasteiger charge is 2.31. The van der Waals surface area contributed by atoms with Crippen LogP contribution in [0.5, 0.6) is 0 Å². The normalized spacial score (nSPS) is 25.9. The largest absolute Gasteiger partial charge is 0.385 e. The van der Waals surface area contributed by atoms with Gasteiger partial charge in [0.1, 0.15) is 0 Å². The molecule has 0 radical (unpaired) electrons. The molecule has 0 aromatic rings. The summed E-state index contributed by atoms with van der Waals surface area (Å²) in [6.07, 6.45) is 6.06. The summed E-state index contributed by atoms with van der Waals surface area (Å²) in [4.78, 5) is 17.2. The van der Waals surface area contributed by atoms with Gasteiger partial charge in [0.05, 0.1) is 6.04 Å². The molecule has 5 heteroatoms. The predicted octanol–water partition coefficient (Wildman–Crippen LogP) is 1.09. The second kappa shape index (κ2) is 8.71. The maximum Gasteiger partial charge on any atom is 0.237 e. The number of amides is 1. The lowest BCUT2D eigenvalue weighted by Crippen LogP contribution is -2.53. The van der Waals surface area contributed by atoms with E-state index in [1.54, 1.807) is 7.11 Å². The first-order valence-corrected chi connectivity index (χ1v) is 8.47. The van der Waals surface area contributed by atoms with Crippen LogP contribution >= 0.6 is 0 Å². The van der Waals surface area contributed by atoms with Crippen LogP contribution in [-0.4, -0.2) is 74.2 Å². The predicted molar refractivity (Wildman–Crippen MR) is 84.4 cm³/mol. The topological polar surface area (TPSA) is 44.8 Å². The number of hydrogen-bond acceptors (Lipinski definition) is 4. The lowest BCUT2D eigenvalue weighted by molar-refractivity contribution is -0.126. The Bertz CT molecular complexity index is 319. The Morgan fingerprint density at radius 3 is 2.76 bits per heavy atom. The van der Waals surface area contributed by atoms with Gasteiger partial charge in [-0.2, -0.15) is 0 Å². The van der Waals surface area contributed by atoms with Crippen molar-refractivity contribution in [1.82, 2.24) is 15.1 Å². The average molecular weight is 297 g/mol. The van der Waals surface area contributed by atoms with Crippen LogP contribution in [-0.2, 0) is 9.53 Å². The molecular formula is C16H31N3O2. The quantitative estimate of drug-likeness (QED) is 0.715. The minimum atomic E-state index is -0.0158. The van der Waals surface area contributed by atoms with Crippen LogP contribution in [0.4, 0.5) is 0 Å². The molecule has 0 aromatic heterocycles. The molecule has 0 aromatic carbocycles. The Hall–Kier alpha value is -0.650. The van der Waals surface area contributed by atoms with Crippen molar-refractivity contribution >= 4 is 5.91 Å². The van der Waals surface area contributed by atoms with E-state index in [1.807, 2.05) is 6.92 Å². The highest BCUT2D eigenvalue weighted by atomic mass is 16.5. The third kappa shape index (κ3) is 4.94. The molecule has 2 saturated heterocycles. The molecule has 5 nitrogen and oxygen atoms in total. The van der Waals surface area contributed by atoms with Gasteiger partial charge in [0.2, 0.25) is 5.91 Å². The Morgan fingerprint density at radius 1 is 1.29 bits per heavy atom. The van der Waals surface area contributed by atoms with Gasteiger partial charge in [0.15, 0.2) is 0 Å². The first-order valence-electron chi connectivity index (χ1n) is 8.47. The summed E-state index contributed by atoms with van der Waals surface area (Å²) in [6.45, 7) is 8.05. The van der Waals surface area contributed by atoms with Crippen LogP contribution in [0.2, 0.25) is 0 Å². The Morgan fingerprint density at radius 2 is 2.05 bits per heavy atom. The van der Waals surface area contributed by atoms with Gasteiger partial charge in [-0.3, -0.25) is 14.6 Å². The molecule has 21 heavy (non-hydrogen) atoms. The molecule has 2 unspecified atom stereocenters. The van der Waals surface area contributed by atoms with Crippen molar-refractivity contribution in [2.75, 3.05) is 46.4 Å². The molecule has 2 atom stereocenters. The second-order valence-corrected chi connectivity index (χ2v) is 6.35. The van der Waals surface area contributed by atoms with Crippen molar-refractivity contribution in [2.24, 2.45) is 0 Å². The first-order chi connectivity index (χ1) is 10.2. The van der Waals surface area contributed by atoms with E-state index >= 15 is 0 Å². The SMILES string of the molecule is COCCCNC(=O)C(C)N1CCCC(N2CCCC2)C1. The Balaban J connectivity index is 1.75. The number of carbonyl (C=O) groups is 1. The lowest BCUT2D eigenvalue weighted by atomic mass is 10.0. The minimum Gasteiger partial charge on any atom is -0.385 e. The number of carbonyl (C=O) groups excluding carboxylic acids is 1. The molecule has 0 spiro atoms. The summed E-state index contributed by atoms with van der Waals surface area (Å²) in [5, 5.41) is 3.02. The number of hydrogen-bond donors (Lipinski definition) is 1. The average Bonchev–Trinajstić information content (AvgIpc) is 3.05. The number of rotatable bonds is 7. The zero-order valence-corrected chi connectivity index (χ0v) is 13.6. The molecule has 2 rings (SSSR count). The third-order valence-corrected chi connectivity index (χ3v) is 4.84. The molecule has 0 bridgehead atoms. The fourth-order valence-electron chi connectivity index (χ4n) is 3.48. The van der Waals surface area contributed by atoms with Crippen molar-refractivity contribution in [1.29, 1.82) is 0 Å². The zero-order chi connectivity index (χ0) is 15.1. The maximum absolute atomic E-state index is 12.2. The van der Waals surface area contributed by atoms with Crippen LogP contribution < -0.4 is 5.32 Å². The second-order valence-electron chi connectivity index (χ2n) is 6.35. The molecule has 0 aliphatic carbocycles. The van der Waals surface area contributed by atoms with Crippen molar-refractivity contribution in [2.45, 2.75) is 51.1 Å². The highest BCUT2D eigenvalue weighted by molar-refractivity contribution is 5.81. The fourth-order valence-corrected chi connectivity index (χ4v) is 3.48. The molecular weight excluding hydrogens is 266 g/mol. The number of nitrogens with zero attached hydrogens (tertiary/aromatic N) is 2. The molecule has 122 valence electrons. The smallest absolute Gasteiger partial charge is 0.237 e. The van der Waals surface area contributed by atoms with Crippen LogP contribution in [0.1, 0.15) is 39.0 Å². The van der Waals surface area contributed by atoms with E-state index in [4.69, 9.17) is 4.74 Å². The van der Waals surface area contributed by atoms with Crippen LogP contribution in [0.3, 0.4) is 0 Å². The van der Waals surface area contributed by atoms with E-state index in [2.05, 4.69) is 15.1 Å². The van der Waals surface area contributed by atoms with Gasteiger partial charge in [0, 0.05) is 32.8 Å². The first kappa shape index (κ1) is 16.7. The van der Waals surface area contributed by atoms with Gasteiger partial charge in [-0.05, 0) is 58.7 Å². The molecule has 0 saturated carbocycles. The molecule has 2 fully saturated rings. The number of likely N-dealkylation sites (tertiary alicyclic amines) is 2. The van der Waals surface area contributed by atoms with Crippen molar-refractivity contribution < 1.29 is 9.53 Å². The Labute approximate surface area is 129 Å². The van der Waals surface area contributed by atoms with Crippen molar-refractivity contribution in [3.63, 3.8) is 0 Å². The van der Waals surface area contributed by atoms with Gasteiger partial charge < -0.3 is 10.1 Å². The van der Waals surface area contributed by atoms with E-state index in [-0.39, 0.29) is 11.9 Å². The van der Waals surface area contributed by atoms with E-state index in [9.17, 15) is 4.79 Å². The van der Waals surface area contributed by atoms with Gasteiger partial charge >= 0.3 is 0 Å². The molecule has 2 aliphatic heterocycles. The standard InChI is InChI=1S/C16H31N3O2/c1-14(16(20)17-8-6-12-21-2)19-11-5-7-15(13-19)18-9-3-4-10-18/h14-15H,3-13H2,1-2H3,(H,17,20). The number of methoxy groups -OCH3 is 1. The van der Waals surface area contributed by atoms with E-state index in [0.717, 1.165) is 19.5 Å². The molecule has 2 aliphatic rings. The van der Waals surface area contributed by atoms with Gasteiger partial charge in [-0.1, -0.05) is 0 Å². The van der Waals surface area contributed by atoms with Gasteiger partial charge in [-0.15, -0.1) is 0 Å². The highest BCUT2D eigenvalue weighted by Crippen LogP contribution is 2.21. The number of ether oxygens (including phenoxy) is 1. The maximum atomic E-state index is 12.2. The summed E-state index contributed by atoms with van der Waals surface area (Å²) < 4.78 is 5.00. The summed E-state index contributed by atoms with van der Waals surface area (Å²) in [7, 11) is 1.69. The van der Waals surface area contributed by atoms with Crippen molar-refractivity contribution in [3.8, 4) is 0 Å². The van der Waals surface area contributed by atoms with E-state index < -0.39 is 0 Å². The van der Waals surface area contributed by atoms with Crippen molar-refractivity contribution in [3.05, 3.63) is 0 Å². The minimum absolute atomic E-state index is 0.0158. The summed E-state index contributed by atoms with van der Waals surface area (Å²) >= 11 is 0. The monoisotopic (exact) mass is 297 g/mol. The van der Waals surface area contributed by atoms with Crippen LogP contribution in [0, 0.1) is 0 Å². The molecule has 1 N–H and O–H groups in total. The molecule has 2 heterocycles. The van der Waals surface area contributed by atoms with Crippen LogP contribution in [0.15, 0.2) is 0 Å². The lowest BCUT2D eigenvalue weighted by Gasteiger charge is -2.39. The molecule has 1 amide bonds. The van der Waals surface area contributed by atoms with Gasteiger partial charge in [-0.25, -0.2) is 0 Å². The fraction of sp³-hybridized carbons (Fsp3) is 0.938. The van der Waals surface area contributed by atoms with Crippen LogP contribution in [0.25, 0.3) is 0 Å². The van der Waals surface area contributed by atoms with E-state index in [1.165, 1.54) is 38.8 Å². The zero-order valence-electron chi connectivity index (χ0n) is 13.6. The summed E-state index contributed by atoms with van der Waals surface area (Å²) in [5.41, 5.74) is 0. The van der Waals surface area contributed by atoms with Gasteiger partial charge in [0.25, 0.3) is 0 Å². The number of nitrogens with one attached hydrogen (secondary N) is 1. The summed E-state index contributed by atoms with van der Waals surface area (Å²) in [5.74, 6) is 0.160. The third-order valence-electron chi connectivity index (χ3n) is 4.84. The van der Waals surface area contributed by atoms with E-state index in [0.29, 0.717) is 19.2 Å². The summed E-state index contributed by atoms with van der Waals surface area (Å²) in [6, 6.07) is 0.642. The number of piperidine rings is 1.